The van der Waals surface area contributed by atoms with Crippen molar-refractivity contribution in [3.63, 3.8) is 0 Å². The molecular formula is C69H43N5. The van der Waals surface area contributed by atoms with Gasteiger partial charge in [-0.2, -0.15) is 9.97 Å². The van der Waals surface area contributed by atoms with Crippen LogP contribution in [0.4, 0.5) is 0 Å². The number of fused-ring (bicyclic) bond motifs is 12. The highest BCUT2D eigenvalue weighted by atomic mass is 15.2. The molecule has 0 bridgehead atoms. The van der Waals surface area contributed by atoms with Crippen molar-refractivity contribution >= 4 is 75.9 Å². The zero-order valence-corrected chi connectivity index (χ0v) is 40.1. The zero-order chi connectivity index (χ0) is 48.7. The van der Waals surface area contributed by atoms with E-state index in [1.807, 2.05) is 12.1 Å². The number of aromatic nitrogens is 5. The molecule has 15 rings (SSSR count). The predicted molar refractivity (Wildman–Crippen MR) is 308 cm³/mol. The Hall–Kier alpha value is -9.97. The molecule has 0 spiro atoms. The van der Waals surface area contributed by atoms with Gasteiger partial charge in [-0.15, -0.1) is 0 Å². The SMILES string of the molecule is c1ccc(-c2ccc(-c3nc(-c4ccc(-c5ccccc5)cc4)nc(-n4c5ccccc5c5cc6c7ccccc7n(-c7ccccc7-c7ccc8c9ccccc9c9ccccc9c8c7)c6cc54)n3)cc2)cc1. The summed E-state index contributed by atoms with van der Waals surface area (Å²) in [4.78, 5) is 16.0. The van der Waals surface area contributed by atoms with Gasteiger partial charge in [-0.25, -0.2) is 4.98 Å². The minimum Gasteiger partial charge on any atom is -0.309 e. The molecule has 0 radical (unpaired) electrons. The number of rotatable bonds is 7. The van der Waals surface area contributed by atoms with Crippen LogP contribution >= 0.6 is 0 Å². The molecule has 3 heterocycles. The third kappa shape index (κ3) is 6.68. The lowest BCUT2D eigenvalue weighted by molar-refractivity contribution is 0.953. The summed E-state index contributed by atoms with van der Waals surface area (Å²) in [6.45, 7) is 0. The molecule has 0 atom stereocenters. The monoisotopic (exact) mass is 941 g/mol. The topological polar surface area (TPSA) is 48.5 Å². The predicted octanol–water partition coefficient (Wildman–Crippen LogP) is 17.9. The highest BCUT2D eigenvalue weighted by molar-refractivity contribution is 6.26. The lowest BCUT2D eigenvalue weighted by Crippen LogP contribution is -2.06. The Balaban J connectivity index is 0.956. The summed E-state index contributed by atoms with van der Waals surface area (Å²) in [6.07, 6.45) is 0. The van der Waals surface area contributed by atoms with Crippen LogP contribution in [-0.4, -0.2) is 24.1 Å². The zero-order valence-electron chi connectivity index (χ0n) is 40.1. The van der Waals surface area contributed by atoms with Gasteiger partial charge in [0.1, 0.15) is 0 Å². The van der Waals surface area contributed by atoms with Crippen LogP contribution in [0.25, 0.3) is 144 Å². The summed E-state index contributed by atoms with van der Waals surface area (Å²) >= 11 is 0. The van der Waals surface area contributed by atoms with Crippen LogP contribution in [0.1, 0.15) is 0 Å². The van der Waals surface area contributed by atoms with Gasteiger partial charge in [0.2, 0.25) is 5.95 Å². The van der Waals surface area contributed by atoms with Crippen molar-refractivity contribution < 1.29 is 0 Å². The Morgan fingerprint density at radius 3 is 1.16 bits per heavy atom. The third-order valence-electron chi connectivity index (χ3n) is 15.0. The summed E-state index contributed by atoms with van der Waals surface area (Å²) in [5, 5.41) is 12.2. The molecule has 0 saturated carbocycles. The van der Waals surface area contributed by atoms with Crippen molar-refractivity contribution in [2.24, 2.45) is 0 Å². The van der Waals surface area contributed by atoms with Gasteiger partial charge in [0.05, 0.1) is 27.8 Å². The van der Waals surface area contributed by atoms with Gasteiger partial charge < -0.3 is 4.57 Å². The average Bonchev–Trinajstić information content (AvgIpc) is 4.01. The minimum absolute atomic E-state index is 0.550. The molecule has 0 aliphatic heterocycles. The van der Waals surface area contributed by atoms with E-state index in [4.69, 9.17) is 15.0 Å². The van der Waals surface area contributed by atoms with Crippen LogP contribution in [0.3, 0.4) is 0 Å². The minimum atomic E-state index is 0.550. The molecule has 12 aromatic carbocycles. The van der Waals surface area contributed by atoms with Crippen molar-refractivity contribution in [2.45, 2.75) is 0 Å². The van der Waals surface area contributed by atoms with Crippen molar-refractivity contribution in [1.82, 2.24) is 24.1 Å². The van der Waals surface area contributed by atoms with Gasteiger partial charge >= 0.3 is 0 Å². The van der Waals surface area contributed by atoms with E-state index in [2.05, 4.69) is 258 Å². The maximum atomic E-state index is 5.40. The maximum Gasteiger partial charge on any atom is 0.238 e. The largest absolute Gasteiger partial charge is 0.309 e. The number of hydrogen-bond donors (Lipinski definition) is 0. The fourth-order valence-corrected chi connectivity index (χ4v) is 11.5. The van der Waals surface area contributed by atoms with Crippen LogP contribution in [0.5, 0.6) is 0 Å². The van der Waals surface area contributed by atoms with E-state index in [1.54, 1.807) is 0 Å². The van der Waals surface area contributed by atoms with E-state index in [1.165, 1.54) is 43.1 Å². The Kier molecular flexibility index (Phi) is 9.50. The standard InChI is InChI=1S/C69H43N5/c1-3-17-44(18-4-1)46-31-35-48(36-32-46)67-70-68(49-37-33-47(34-38-49)45-19-5-2-6-20-45)72-69(71-67)74-64-30-16-13-27-58(64)61-42-60-57-26-12-15-29-63(57)73(65(60)43-66(61)74)62-28-14-11-21-51(62)50-39-40-56-54-24-8-7-22-52(54)53-23-9-10-25-55(53)59(56)41-50/h1-43H. The summed E-state index contributed by atoms with van der Waals surface area (Å²) < 4.78 is 4.69. The van der Waals surface area contributed by atoms with E-state index in [9.17, 15) is 0 Å². The molecule has 5 nitrogen and oxygen atoms in total. The first-order valence-electron chi connectivity index (χ1n) is 25.2. The Morgan fingerprint density at radius 1 is 0.216 bits per heavy atom. The Bertz CT molecular complexity index is 4550. The van der Waals surface area contributed by atoms with Crippen LogP contribution in [0.2, 0.25) is 0 Å². The number of para-hydroxylation sites is 3. The lowest BCUT2D eigenvalue weighted by atomic mass is 9.92. The molecule has 344 valence electrons. The normalized spacial score (nSPS) is 11.8. The molecule has 0 aliphatic rings. The quantitative estimate of drug-likeness (QED) is 0.150. The van der Waals surface area contributed by atoms with Crippen molar-refractivity contribution in [2.75, 3.05) is 0 Å². The van der Waals surface area contributed by atoms with Crippen LogP contribution in [-0.2, 0) is 0 Å². The van der Waals surface area contributed by atoms with Gasteiger partial charge in [0, 0.05) is 38.2 Å². The summed E-state index contributed by atoms with van der Waals surface area (Å²) in [5.41, 5.74) is 14.1. The maximum absolute atomic E-state index is 5.40. The third-order valence-corrected chi connectivity index (χ3v) is 15.0. The average molecular weight is 942 g/mol. The molecule has 15 aromatic rings. The molecule has 0 unspecified atom stereocenters. The summed E-state index contributed by atoms with van der Waals surface area (Å²) in [6, 6.07) is 93.6. The number of benzene rings is 12. The smallest absolute Gasteiger partial charge is 0.238 e. The highest BCUT2D eigenvalue weighted by Gasteiger charge is 2.23. The number of hydrogen-bond acceptors (Lipinski definition) is 3. The summed E-state index contributed by atoms with van der Waals surface area (Å²) in [5.74, 6) is 1.75. The lowest BCUT2D eigenvalue weighted by Gasteiger charge is -2.16. The molecule has 0 N–H and O–H groups in total. The van der Waals surface area contributed by atoms with Gasteiger partial charge in [-0.3, -0.25) is 4.57 Å². The van der Waals surface area contributed by atoms with Gasteiger partial charge in [-0.05, 0) is 96.5 Å². The summed E-state index contributed by atoms with van der Waals surface area (Å²) in [7, 11) is 0. The van der Waals surface area contributed by atoms with Crippen molar-refractivity contribution in [3.8, 4) is 67.8 Å². The molecule has 0 saturated heterocycles. The second kappa shape index (κ2) is 16.8. The van der Waals surface area contributed by atoms with E-state index in [-0.39, 0.29) is 0 Å². The van der Waals surface area contributed by atoms with E-state index < -0.39 is 0 Å². The van der Waals surface area contributed by atoms with E-state index in [0.29, 0.717) is 17.6 Å². The molecule has 74 heavy (non-hydrogen) atoms. The fraction of sp³-hybridized carbons (Fsp3) is 0. The highest BCUT2D eigenvalue weighted by Crippen LogP contribution is 2.43. The van der Waals surface area contributed by atoms with Crippen LogP contribution in [0.15, 0.2) is 261 Å². The van der Waals surface area contributed by atoms with Crippen molar-refractivity contribution in [3.05, 3.63) is 261 Å². The molecule has 3 aromatic heterocycles. The van der Waals surface area contributed by atoms with Gasteiger partial charge in [-0.1, -0.05) is 224 Å². The molecule has 0 fully saturated rings. The van der Waals surface area contributed by atoms with Crippen LogP contribution < -0.4 is 0 Å². The van der Waals surface area contributed by atoms with E-state index in [0.717, 1.165) is 83.0 Å². The number of nitrogens with zero attached hydrogens (tertiary/aromatic N) is 5. The van der Waals surface area contributed by atoms with Gasteiger partial charge in [0.15, 0.2) is 11.6 Å². The Morgan fingerprint density at radius 2 is 0.608 bits per heavy atom. The van der Waals surface area contributed by atoms with Crippen molar-refractivity contribution in [1.29, 1.82) is 0 Å². The first-order chi connectivity index (χ1) is 36.7. The van der Waals surface area contributed by atoms with Crippen LogP contribution in [0, 0.1) is 0 Å². The van der Waals surface area contributed by atoms with Gasteiger partial charge in [0.25, 0.3) is 0 Å². The first-order valence-corrected chi connectivity index (χ1v) is 25.2. The molecular weight excluding hydrogens is 899 g/mol. The molecule has 0 aliphatic carbocycles. The molecule has 5 heteroatoms. The molecule has 0 amide bonds. The second-order valence-corrected chi connectivity index (χ2v) is 19.1. The fourth-order valence-electron chi connectivity index (χ4n) is 11.5. The Labute approximate surface area is 426 Å². The van der Waals surface area contributed by atoms with E-state index >= 15 is 0 Å². The second-order valence-electron chi connectivity index (χ2n) is 19.1. The first kappa shape index (κ1) is 41.8.